The number of fused-ring (bicyclic) bond motifs is 1. The molecule has 27 heavy (non-hydrogen) atoms. The minimum absolute atomic E-state index is 0.0447. The van der Waals surface area contributed by atoms with Gasteiger partial charge in [-0.25, -0.2) is 4.98 Å². The maximum Gasteiger partial charge on any atom is 0.262 e. The Morgan fingerprint density at radius 1 is 1.30 bits per heavy atom. The molecule has 0 saturated carbocycles. The number of rotatable bonds is 5. The zero-order valence-corrected chi connectivity index (χ0v) is 15.8. The third-order valence-electron chi connectivity index (χ3n) is 3.49. The van der Waals surface area contributed by atoms with Crippen LogP contribution in [0.15, 0.2) is 51.0 Å². The van der Waals surface area contributed by atoms with E-state index in [9.17, 15) is 14.4 Å². The molecule has 0 aliphatic carbocycles. The van der Waals surface area contributed by atoms with Crippen LogP contribution in [0.3, 0.4) is 0 Å². The van der Waals surface area contributed by atoms with E-state index in [1.807, 2.05) is 0 Å². The molecule has 0 radical (unpaired) electrons. The lowest BCUT2D eigenvalue weighted by molar-refractivity contribution is -0.126. The van der Waals surface area contributed by atoms with E-state index in [0.29, 0.717) is 26.8 Å². The van der Waals surface area contributed by atoms with Gasteiger partial charge in [-0.1, -0.05) is 23.4 Å². The SMILES string of the molecule is CC(=O)NNC(=O)CSc1nc2cc(Cl)ccc2c(=O)n1Cc1ccco1. The third-order valence-corrected chi connectivity index (χ3v) is 4.70. The van der Waals surface area contributed by atoms with Crippen LogP contribution in [0.4, 0.5) is 0 Å². The number of nitrogens with zero attached hydrogens (tertiary/aromatic N) is 2. The molecule has 0 fully saturated rings. The molecule has 10 heteroatoms. The van der Waals surface area contributed by atoms with Crippen LogP contribution in [0.2, 0.25) is 5.02 Å². The van der Waals surface area contributed by atoms with Crippen molar-refractivity contribution in [2.45, 2.75) is 18.6 Å². The summed E-state index contributed by atoms with van der Waals surface area (Å²) in [6.45, 7) is 1.45. The quantitative estimate of drug-likeness (QED) is 0.381. The molecule has 0 aliphatic rings. The molecular weight excluding hydrogens is 392 g/mol. The van der Waals surface area contributed by atoms with Crippen molar-refractivity contribution in [1.82, 2.24) is 20.4 Å². The van der Waals surface area contributed by atoms with E-state index >= 15 is 0 Å². The van der Waals surface area contributed by atoms with Crippen molar-refractivity contribution in [2.24, 2.45) is 0 Å². The summed E-state index contributed by atoms with van der Waals surface area (Å²) < 4.78 is 6.76. The average molecular weight is 407 g/mol. The van der Waals surface area contributed by atoms with Crippen LogP contribution in [0.25, 0.3) is 10.9 Å². The van der Waals surface area contributed by atoms with Gasteiger partial charge in [0, 0.05) is 11.9 Å². The van der Waals surface area contributed by atoms with E-state index in [1.165, 1.54) is 17.8 Å². The maximum atomic E-state index is 12.9. The molecule has 3 aromatic rings. The summed E-state index contributed by atoms with van der Waals surface area (Å²) in [6, 6.07) is 8.30. The third kappa shape index (κ3) is 4.69. The maximum absolute atomic E-state index is 12.9. The first kappa shape index (κ1) is 19.0. The van der Waals surface area contributed by atoms with Crippen LogP contribution in [-0.2, 0) is 16.1 Å². The van der Waals surface area contributed by atoms with E-state index in [-0.39, 0.29) is 23.8 Å². The molecule has 3 rings (SSSR count). The number of hydrazine groups is 1. The lowest BCUT2D eigenvalue weighted by Crippen LogP contribution is -2.41. The number of amides is 2. The van der Waals surface area contributed by atoms with Crippen molar-refractivity contribution in [1.29, 1.82) is 0 Å². The highest BCUT2D eigenvalue weighted by molar-refractivity contribution is 7.99. The summed E-state index contributed by atoms with van der Waals surface area (Å²) in [7, 11) is 0. The van der Waals surface area contributed by atoms with Crippen molar-refractivity contribution in [3.05, 3.63) is 57.7 Å². The minimum atomic E-state index is -0.430. The lowest BCUT2D eigenvalue weighted by Gasteiger charge is -2.12. The molecule has 2 heterocycles. The van der Waals surface area contributed by atoms with Gasteiger partial charge in [0.1, 0.15) is 5.76 Å². The fourth-order valence-electron chi connectivity index (χ4n) is 2.31. The average Bonchev–Trinajstić information content (AvgIpc) is 3.13. The molecule has 0 bridgehead atoms. The number of furan rings is 1. The first-order valence-corrected chi connectivity index (χ1v) is 9.21. The zero-order chi connectivity index (χ0) is 19.4. The molecule has 140 valence electrons. The summed E-state index contributed by atoms with van der Waals surface area (Å²) >= 11 is 7.07. The second-order valence-electron chi connectivity index (χ2n) is 5.54. The highest BCUT2D eigenvalue weighted by Gasteiger charge is 2.15. The lowest BCUT2D eigenvalue weighted by atomic mass is 10.2. The first-order valence-electron chi connectivity index (χ1n) is 7.85. The number of aromatic nitrogens is 2. The Morgan fingerprint density at radius 3 is 2.81 bits per heavy atom. The predicted octanol–water partition coefficient (Wildman–Crippen LogP) is 1.95. The van der Waals surface area contributed by atoms with E-state index in [4.69, 9.17) is 16.0 Å². The van der Waals surface area contributed by atoms with Gasteiger partial charge in [0.05, 0.1) is 29.5 Å². The van der Waals surface area contributed by atoms with Crippen LogP contribution in [0.5, 0.6) is 0 Å². The van der Waals surface area contributed by atoms with E-state index in [0.717, 1.165) is 11.8 Å². The second kappa shape index (κ2) is 8.28. The van der Waals surface area contributed by atoms with Crippen LogP contribution in [0, 0.1) is 0 Å². The van der Waals surface area contributed by atoms with Crippen molar-refractivity contribution < 1.29 is 14.0 Å². The van der Waals surface area contributed by atoms with E-state index < -0.39 is 5.91 Å². The molecule has 2 N–H and O–H groups in total. The van der Waals surface area contributed by atoms with E-state index in [2.05, 4.69) is 15.8 Å². The molecule has 2 aromatic heterocycles. The van der Waals surface area contributed by atoms with Crippen LogP contribution < -0.4 is 16.4 Å². The number of carbonyl (C=O) groups excluding carboxylic acids is 2. The fraction of sp³-hybridized carbons (Fsp3) is 0.176. The smallest absolute Gasteiger partial charge is 0.262 e. The highest BCUT2D eigenvalue weighted by atomic mass is 35.5. The molecule has 0 saturated heterocycles. The number of benzene rings is 1. The standard InChI is InChI=1S/C17H15ClN4O4S/c1-10(23)20-21-15(24)9-27-17-19-14-7-11(18)4-5-13(14)16(25)22(17)8-12-3-2-6-26-12/h2-7H,8-9H2,1H3,(H,20,23)(H,21,24). The number of thioether (sulfide) groups is 1. The van der Waals surface area contributed by atoms with Gasteiger partial charge in [0.25, 0.3) is 5.56 Å². The van der Waals surface area contributed by atoms with Crippen molar-refractivity contribution in [3.8, 4) is 0 Å². The van der Waals surface area contributed by atoms with Crippen molar-refractivity contribution in [3.63, 3.8) is 0 Å². The van der Waals surface area contributed by atoms with Crippen LogP contribution in [-0.4, -0.2) is 27.1 Å². The zero-order valence-electron chi connectivity index (χ0n) is 14.2. The Kier molecular flexibility index (Phi) is 5.82. The number of hydrogen-bond acceptors (Lipinski definition) is 6. The van der Waals surface area contributed by atoms with Crippen molar-refractivity contribution in [2.75, 3.05) is 5.75 Å². The second-order valence-corrected chi connectivity index (χ2v) is 6.92. The first-order chi connectivity index (χ1) is 12.9. The predicted molar refractivity (Wildman–Crippen MR) is 102 cm³/mol. The normalized spacial score (nSPS) is 10.7. The Hall–Kier alpha value is -2.78. The van der Waals surface area contributed by atoms with Crippen molar-refractivity contribution >= 4 is 46.1 Å². The summed E-state index contributed by atoms with van der Waals surface area (Å²) in [6.07, 6.45) is 1.52. The Balaban J connectivity index is 1.94. The minimum Gasteiger partial charge on any atom is -0.467 e. The number of nitrogens with one attached hydrogen (secondary N) is 2. The van der Waals surface area contributed by atoms with Gasteiger partial charge >= 0.3 is 0 Å². The fourth-order valence-corrected chi connectivity index (χ4v) is 3.27. The van der Waals surface area contributed by atoms with Gasteiger partial charge in [0.15, 0.2) is 5.16 Å². The van der Waals surface area contributed by atoms with Gasteiger partial charge in [-0.05, 0) is 30.3 Å². The molecule has 0 atom stereocenters. The molecule has 1 aromatic carbocycles. The number of hydrogen-bond donors (Lipinski definition) is 2. The molecule has 0 aliphatic heterocycles. The highest BCUT2D eigenvalue weighted by Crippen LogP contribution is 2.21. The summed E-state index contributed by atoms with van der Waals surface area (Å²) in [5.41, 5.74) is 4.64. The monoisotopic (exact) mass is 406 g/mol. The molecule has 0 unspecified atom stereocenters. The largest absolute Gasteiger partial charge is 0.467 e. The summed E-state index contributed by atoms with van der Waals surface area (Å²) in [4.78, 5) is 40.1. The van der Waals surface area contributed by atoms with Gasteiger partial charge in [0.2, 0.25) is 11.8 Å². The molecule has 2 amide bonds. The Morgan fingerprint density at radius 2 is 2.11 bits per heavy atom. The topological polar surface area (TPSA) is 106 Å². The van der Waals surface area contributed by atoms with Gasteiger partial charge in [-0.3, -0.25) is 29.8 Å². The van der Waals surface area contributed by atoms with Crippen LogP contribution in [0.1, 0.15) is 12.7 Å². The van der Waals surface area contributed by atoms with E-state index in [1.54, 1.807) is 30.3 Å². The van der Waals surface area contributed by atoms with Gasteiger partial charge in [-0.2, -0.15) is 0 Å². The Bertz CT molecular complexity index is 1050. The van der Waals surface area contributed by atoms with Gasteiger partial charge < -0.3 is 4.42 Å². The number of carbonyl (C=O) groups is 2. The van der Waals surface area contributed by atoms with Crippen LogP contribution >= 0.6 is 23.4 Å². The summed E-state index contributed by atoms with van der Waals surface area (Å²) in [5.74, 6) is -0.282. The number of halogens is 1. The molecule has 8 nitrogen and oxygen atoms in total. The summed E-state index contributed by atoms with van der Waals surface area (Å²) in [5, 5.41) is 1.21. The Labute approximate surface area is 162 Å². The molecular formula is C17H15ClN4O4S. The molecule has 0 spiro atoms. The van der Waals surface area contributed by atoms with Gasteiger partial charge in [-0.15, -0.1) is 0 Å².